The molecule has 0 amide bonds. The standard InChI is InChI=1S/C19H15ClN4O3/c1-10-7-11(2)22-17(20)16(10)19(26)27-9-15(25)12(8-21)18-23-13-5-3-4-6-14(13)24-18/h3-7,25H,9H2,1-2H3,(H,23,24)/b15-12-. The first-order valence-corrected chi connectivity index (χ1v) is 8.36. The van der Waals surface area contributed by atoms with E-state index in [1.165, 1.54) is 0 Å². The number of rotatable bonds is 4. The third-order valence-corrected chi connectivity index (χ3v) is 4.14. The molecule has 0 aliphatic heterocycles. The Hall–Kier alpha value is -3.37. The van der Waals surface area contributed by atoms with E-state index >= 15 is 0 Å². The molecule has 2 aromatic heterocycles. The number of nitrogens with one attached hydrogen (secondary N) is 1. The number of allylic oxidation sites excluding steroid dienone is 1. The second-order valence-corrected chi connectivity index (χ2v) is 6.22. The van der Waals surface area contributed by atoms with Crippen molar-refractivity contribution in [2.75, 3.05) is 6.61 Å². The first-order valence-electron chi connectivity index (χ1n) is 7.99. The molecule has 1 aromatic carbocycles. The average molecular weight is 383 g/mol. The number of nitrogens with zero attached hydrogens (tertiary/aromatic N) is 3. The van der Waals surface area contributed by atoms with Crippen molar-refractivity contribution in [3.63, 3.8) is 0 Å². The molecular formula is C19H15ClN4O3. The predicted octanol–water partition coefficient (Wildman–Crippen LogP) is 3.88. The highest BCUT2D eigenvalue weighted by Crippen LogP contribution is 2.21. The van der Waals surface area contributed by atoms with Crippen LogP contribution in [0.15, 0.2) is 36.1 Å². The number of nitriles is 1. The fourth-order valence-corrected chi connectivity index (χ4v) is 3.00. The third kappa shape index (κ3) is 3.76. The molecule has 0 aliphatic rings. The van der Waals surface area contributed by atoms with Gasteiger partial charge in [-0.15, -0.1) is 0 Å². The van der Waals surface area contributed by atoms with Crippen molar-refractivity contribution < 1.29 is 14.6 Å². The van der Waals surface area contributed by atoms with Gasteiger partial charge < -0.3 is 14.8 Å². The second kappa shape index (κ2) is 7.48. The van der Waals surface area contributed by atoms with Crippen molar-refractivity contribution in [3.05, 3.63) is 63.9 Å². The van der Waals surface area contributed by atoms with Crippen LogP contribution >= 0.6 is 11.6 Å². The lowest BCUT2D eigenvalue weighted by Gasteiger charge is -2.09. The molecule has 0 radical (unpaired) electrons. The van der Waals surface area contributed by atoms with E-state index in [-0.39, 0.29) is 22.1 Å². The number of imidazole rings is 1. The molecule has 0 saturated heterocycles. The van der Waals surface area contributed by atoms with E-state index in [0.29, 0.717) is 16.8 Å². The van der Waals surface area contributed by atoms with Crippen molar-refractivity contribution in [1.29, 1.82) is 5.26 Å². The van der Waals surface area contributed by atoms with Gasteiger partial charge in [-0.2, -0.15) is 5.26 Å². The van der Waals surface area contributed by atoms with Gasteiger partial charge in [0.1, 0.15) is 23.4 Å². The smallest absolute Gasteiger partial charge is 0.342 e. The highest BCUT2D eigenvalue weighted by Gasteiger charge is 2.19. The van der Waals surface area contributed by atoms with E-state index in [1.807, 2.05) is 18.2 Å². The van der Waals surface area contributed by atoms with Crippen LogP contribution in [0, 0.1) is 25.2 Å². The molecular weight excluding hydrogens is 368 g/mol. The molecule has 0 saturated carbocycles. The fraction of sp³-hybridized carbons (Fsp3) is 0.158. The van der Waals surface area contributed by atoms with Gasteiger partial charge in [-0.1, -0.05) is 23.7 Å². The Morgan fingerprint density at radius 3 is 2.74 bits per heavy atom. The zero-order chi connectivity index (χ0) is 19.6. The summed E-state index contributed by atoms with van der Waals surface area (Å²) in [7, 11) is 0. The van der Waals surface area contributed by atoms with E-state index in [0.717, 1.165) is 5.52 Å². The Kier molecular flexibility index (Phi) is 5.10. The number of aliphatic hydroxyl groups excluding tert-OH is 1. The van der Waals surface area contributed by atoms with Crippen LogP contribution in [0.5, 0.6) is 0 Å². The molecule has 0 spiro atoms. The number of aromatic nitrogens is 3. The summed E-state index contributed by atoms with van der Waals surface area (Å²) in [6, 6.07) is 10.8. The molecule has 3 aromatic rings. The highest BCUT2D eigenvalue weighted by atomic mass is 35.5. The molecule has 2 heterocycles. The van der Waals surface area contributed by atoms with Gasteiger partial charge in [-0.05, 0) is 37.6 Å². The number of benzene rings is 1. The molecule has 3 rings (SSSR count). The number of esters is 1. The highest BCUT2D eigenvalue weighted by molar-refractivity contribution is 6.32. The quantitative estimate of drug-likeness (QED) is 0.306. The number of fused-ring (bicyclic) bond motifs is 1. The molecule has 7 nitrogen and oxygen atoms in total. The van der Waals surface area contributed by atoms with Crippen molar-refractivity contribution in [3.8, 4) is 6.07 Å². The van der Waals surface area contributed by atoms with Gasteiger partial charge in [0, 0.05) is 5.69 Å². The topological polar surface area (TPSA) is 112 Å². The van der Waals surface area contributed by atoms with Gasteiger partial charge in [0.25, 0.3) is 0 Å². The Labute approximate surface area is 159 Å². The largest absolute Gasteiger partial charge is 0.507 e. The maximum absolute atomic E-state index is 12.3. The summed E-state index contributed by atoms with van der Waals surface area (Å²) in [5, 5.41) is 19.6. The van der Waals surface area contributed by atoms with Gasteiger partial charge in [-0.25, -0.2) is 14.8 Å². The average Bonchev–Trinajstić information content (AvgIpc) is 3.03. The molecule has 0 unspecified atom stereocenters. The number of aliphatic hydroxyl groups is 1. The molecule has 0 fully saturated rings. The number of pyridine rings is 1. The molecule has 136 valence electrons. The van der Waals surface area contributed by atoms with E-state index in [4.69, 9.17) is 16.3 Å². The lowest BCUT2D eigenvalue weighted by molar-refractivity contribution is 0.0501. The van der Waals surface area contributed by atoms with Gasteiger partial charge in [0.15, 0.2) is 11.6 Å². The Morgan fingerprint density at radius 1 is 1.33 bits per heavy atom. The van der Waals surface area contributed by atoms with Crippen LogP contribution in [0.25, 0.3) is 16.6 Å². The Balaban J connectivity index is 1.83. The van der Waals surface area contributed by atoms with Gasteiger partial charge in [0.2, 0.25) is 0 Å². The molecule has 8 heteroatoms. The monoisotopic (exact) mass is 382 g/mol. The molecule has 2 N–H and O–H groups in total. The zero-order valence-corrected chi connectivity index (χ0v) is 15.3. The van der Waals surface area contributed by atoms with Crippen molar-refractivity contribution >= 4 is 34.2 Å². The minimum absolute atomic E-state index is 0.0266. The Morgan fingerprint density at radius 2 is 2.07 bits per heavy atom. The first kappa shape index (κ1) is 18.4. The number of ether oxygens (including phenoxy) is 1. The van der Waals surface area contributed by atoms with Gasteiger partial charge in [0.05, 0.1) is 16.6 Å². The minimum atomic E-state index is -0.738. The summed E-state index contributed by atoms with van der Waals surface area (Å²) >= 11 is 6.02. The number of para-hydroxylation sites is 2. The number of hydrogen-bond donors (Lipinski definition) is 2. The minimum Gasteiger partial charge on any atom is -0.507 e. The lowest BCUT2D eigenvalue weighted by atomic mass is 10.1. The number of carbonyl (C=O) groups is 1. The number of halogens is 1. The summed E-state index contributed by atoms with van der Waals surface area (Å²) < 4.78 is 5.11. The maximum Gasteiger partial charge on any atom is 0.342 e. The van der Waals surface area contributed by atoms with Gasteiger partial charge in [-0.3, -0.25) is 0 Å². The van der Waals surface area contributed by atoms with Crippen LogP contribution < -0.4 is 0 Å². The van der Waals surface area contributed by atoms with Crippen molar-refractivity contribution in [1.82, 2.24) is 15.0 Å². The molecule has 0 aliphatic carbocycles. The lowest BCUT2D eigenvalue weighted by Crippen LogP contribution is -2.12. The Bertz CT molecular complexity index is 1060. The van der Waals surface area contributed by atoms with E-state index in [1.54, 1.807) is 32.0 Å². The molecule has 0 bridgehead atoms. The summed E-state index contributed by atoms with van der Waals surface area (Å²) in [5.41, 5.74) is 2.67. The van der Waals surface area contributed by atoms with E-state index < -0.39 is 18.3 Å². The van der Waals surface area contributed by atoms with Crippen molar-refractivity contribution in [2.24, 2.45) is 0 Å². The first-order chi connectivity index (χ1) is 12.9. The molecule has 27 heavy (non-hydrogen) atoms. The van der Waals surface area contributed by atoms with Crippen molar-refractivity contribution in [2.45, 2.75) is 13.8 Å². The summed E-state index contributed by atoms with van der Waals surface area (Å²) in [5.74, 6) is -0.962. The molecule has 0 atom stereocenters. The third-order valence-electron chi connectivity index (χ3n) is 3.87. The van der Waals surface area contributed by atoms with Gasteiger partial charge >= 0.3 is 5.97 Å². The van der Waals surface area contributed by atoms with Crippen LogP contribution in [-0.4, -0.2) is 32.6 Å². The van der Waals surface area contributed by atoms with E-state index in [2.05, 4.69) is 15.0 Å². The second-order valence-electron chi connectivity index (χ2n) is 5.86. The van der Waals surface area contributed by atoms with Crippen LogP contribution in [0.3, 0.4) is 0 Å². The van der Waals surface area contributed by atoms with Crippen LogP contribution in [0.1, 0.15) is 27.4 Å². The zero-order valence-electron chi connectivity index (χ0n) is 14.6. The van der Waals surface area contributed by atoms with Crippen LogP contribution in [0.4, 0.5) is 0 Å². The van der Waals surface area contributed by atoms with Crippen LogP contribution in [-0.2, 0) is 4.74 Å². The summed E-state index contributed by atoms with van der Waals surface area (Å²) in [6.45, 7) is 2.97. The number of carbonyl (C=O) groups excluding carboxylic acids is 1. The fourth-order valence-electron chi connectivity index (χ4n) is 2.64. The van der Waals surface area contributed by atoms with E-state index in [9.17, 15) is 15.2 Å². The maximum atomic E-state index is 12.3. The van der Waals surface area contributed by atoms with Crippen LogP contribution in [0.2, 0.25) is 5.15 Å². The number of hydrogen-bond acceptors (Lipinski definition) is 6. The normalized spacial score (nSPS) is 11.8. The number of aromatic amines is 1. The number of aryl methyl sites for hydroxylation is 2. The summed E-state index contributed by atoms with van der Waals surface area (Å²) in [6.07, 6.45) is 0. The predicted molar refractivity (Wildman–Crippen MR) is 100 cm³/mol. The summed E-state index contributed by atoms with van der Waals surface area (Å²) in [4.78, 5) is 23.5. The number of H-pyrrole nitrogens is 1. The SMILES string of the molecule is Cc1cc(C)c(C(=O)OC/C(O)=C(\C#N)c2nc3ccccc3[nH]2)c(Cl)n1.